The third kappa shape index (κ3) is 3.52. The first-order chi connectivity index (χ1) is 9.72. The summed E-state index contributed by atoms with van der Waals surface area (Å²) in [6.45, 7) is 2.06. The molecular formula is C16H15ClO3. The molecule has 0 spiro atoms. The predicted molar refractivity (Wildman–Crippen MR) is 77.9 cm³/mol. The number of carbonyl (C=O) groups excluding carboxylic acids is 1. The van der Waals surface area contributed by atoms with Gasteiger partial charge in [-0.15, -0.1) is 0 Å². The molecule has 0 aromatic heterocycles. The van der Waals surface area contributed by atoms with E-state index in [1.54, 1.807) is 31.2 Å². The Morgan fingerprint density at radius 3 is 2.40 bits per heavy atom. The highest BCUT2D eigenvalue weighted by Gasteiger charge is 2.24. The first-order valence-corrected chi connectivity index (χ1v) is 6.73. The summed E-state index contributed by atoms with van der Waals surface area (Å²) in [4.78, 5) is 12.1. The second-order valence-corrected chi connectivity index (χ2v) is 4.50. The van der Waals surface area contributed by atoms with Crippen LogP contribution < -0.4 is 4.74 Å². The minimum atomic E-state index is -0.823. The van der Waals surface area contributed by atoms with Crippen molar-refractivity contribution in [3.05, 3.63) is 65.2 Å². The van der Waals surface area contributed by atoms with Crippen LogP contribution >= 0.6 is 11.6 Å². The molecule has 0 aliphatic carbocycles. The Morgan fingerprint density at radius 1 is 1.10 bits per heavy atom. The summed E-state index contributed by atoms with van der Waals surface area (Å²) in [5.41, 5.74) is 0.728. The standard InChI is InChI=1S/C16H15ClO3/c1-2-19-16(18)15(12-8-4-3-5-9-12)20-14-11-7-6-10-13(14)17/h3-11,15H,2H2,1H3/t15-/m1/s1. The van der Waals surface area contributed by atoms with Gasteiger partial charge in [-0.2, -0.15) is 0 Å². The van der Waals surface area contributed by atoms with Crippen LogP contribution in [0.25, 0.3) is 0 Å². The van der Waals surface area contributed by atoms with Gasteiger partial charge in [-0.25, -0.2) is 4.79 Å². The molecule has 0 N–H and O–H groups in total. The number of halogens is 1. The molecule has 2 aromatic rings. The minimum absolute atomic E-state index is 0.300. The first kappa shape index (κ1) is 14.4. The van der Waals surface area contributed by atoms with E-state index >= 15 is 0 Å². The molecule has 0 fully saturated rings. The van der Waals surface area contributed by atoms with Gasteiger partial charge in [0, 0.05) is 5.56 Å². The summed E-state index contributed by atoms with van der Waals surface area (Å²) in [5, 5.41) is 0.456. The van der Waals surface area contributed by atoms with E-state index in [0.717, 1.165) is 5.56 Å². The highest BCUT2D eigenvalue weighted by Crippen LogP contribution is 2.29. The summed E-state index contributed by atoms with van der Waals surface area (Å²) in [6, 6.07) is 16.2. The SMILES string of the molecule is CCOC(=O)[C@H](Oc1ccccc1Cl)c1ccccc1. The Bertz CT molecular complexity index is 569. The maximum atomic E-state index is 12.1. The molecule has 0 amide bonds. The first-order valence-electron chi connectivity index (χ1n) is 6.35. The highest BCUT2D eigenvalue weighted by molar-refractivity contribution is 6.32. The molecule has 1 atom stereocenters. The topological polar surface area (TPSA) is 35.5 Å². The molecular weight excluding hydrogens is 276 g/mol. The summed E-state index contributed by atoms with van der Waals surface area (Å²) in [5.74, 6) is 0.0229. The minimum Gasteiger partial charge on any atom is -0.472 e. The van der Waals surface area contributed by atoms with Crippen molar-refractivity contribution in [3.63, 3.8) is 0 Å². The number of carbonyl (C=O) groups is 1. The average molecular weight is 291 g/mol. The third-order valence-corrected chi connectivity index (χ3v) is 3.00. The number of hydrogen-bond donors (Lipinski definition) is 0. The van der Waals surface area contributed by atoms with Crippen molar-refractivity contribution in [2.75, 3.05) is 6.61 Å². The van der Waals surface area contributed by atoms with Gasteiger partial charge in [0.1, 0.15) is 5.75 Å². The smallest absolute Gasteiger partial charge is 0.352 e. The maximum Gasteiger partial charge on any atom is 0.352 e. The van der Waals surface area contributed by atoms with Crippen molar-refractivity contribution in [1.29, 1.82) is 0 Å². The zero-order valence-corrected chi connectivity index (χ0v) is 11.8. The van der Waals surface area contributed by atoms with E-state index in [9.17, 15) is 4.79 Å². The van der Waals surface area contributed by atoms with Gasteiger partial charge in [0.15, 0.2) is 0 Å². The van der Waals surface area contributed by atoms with Gasteiger partial charge in [-0.1, -0.05) is 54.1 Å². The zero-order valence-electron chi connectivity index (χ0n) is 11.1. The van der Waals surface area contributed by atoms with E-state index in [2.05, 4.69) is 0 Å². The molecule has 0 aliphatic rings. The summed E-state index contributed by atoms with van der Waals surface area (Å²) < 4.78 is 10.8. The molecule has 4 heteroatoms. The van der Waals surface area contributed by atoms with Crippen molar-refractivity contribution < 1.29 is 14.3 Å². The number of esters is 1. The number of para-hydroxylation sites is 1. The molecule has 0 saturated carbocycles. The van der Waals surface area contributed by atoms with Crippen LogP contribution in [0.5, 0.6) is 5.75 Å². The van der Waals surface area contributed by atoms with Gasteiger partial charge in [0.05, 0.1) is 11.6 Å². The molecule has 20 heavy (non-hydrogen) atoms. The van der Waals surface area contributed by atoms with E-state index in [4.69, 9.17) is 21.1 Å². The van der Waals surface area contributed by atoms with Crippen molar-refractivity contribution >= 4 is 17.6 Å². The van der Waals surface area contributed by atoms with Crippen molar-refractivity contribution in [2.24, 2.45) is 0 Å². The molecule has 0 saturated heterocycles. The van der Waals surface area contributed by atoms with Gasteiger partial charge in [0.25, 0.3) is 0 Å². The molecule has 2 aromatic carbocycles. The van der Waals surface area contributed by atoms with Crippen LogP contribution in [-0.4, -0.2) is 12.6 Å². The summed E-state index contributed by atoms with van der Waals surface area (Å²) in [7, 11) is 0. The molecule has 104 valence electrons. The predicted octanol–water partition coefficient (Wildman–Crippen LogP) is 4.02. The van der Waals surface area contributed by atoms with Crippen molar-refractivity contribution in [2.45, 2.75) is 13.0 Å². The molecule has 0 radical (unpaired) electrons. The molecule has 0 unspecified atom stereocenters. The molecule has 0 aliphatic heterocycles. The zero-order chi connectivity index (χ0) is 14.4. The molecule has 2 rings (SSSR count). The Labute approximate surface area is 123 Å². The molecule has 0 bridgehead atoms. The molecule has 3 nitrogen and oxygen atoms in total. The fourth-order valence-electron chi connectivity index (χ4n) is 1.77. The number of ether oxygens (including phenoxy) is 2. The highest BCUT2D eigenvalue weighted by atomic mass is 35.5. The third-order valence-electron chi connectivity index (χ3n) is 2.68. The Morgan fingerprint density at radius 2 is 1.75 bits per heavy atom. The lowest BCUT2D eigenvalue weighted by molar-refractivity contribution is -0.151. The lowest BCUT2D eigenvalue weighted by Crippen LogP contribution is -2.21. The normalized spacial score (nSPS) is 11.7. The van der Waals surface area contributed by atoms with Crippen LogP contribution in [0, 0.1) is 0 Å². The summed E-state index contributed by atoms with van der Waals surface area (Å²) in [6.07, 6.45) is -0.823. The van der Waals surface area contributed by atoms with E-state index in [-0.39, 0.29) is 0 Å². The van der Waals surface area contributed by atoms with E-state index < -0.39 is 12.1 Å². The fourth-order valence-corrected chi connectivity index (χ4v) is 1.95. The maximum absolute atomic E-state index is 12.1. The molecule has 0 heterocycles. The largest absolute Gasteiger partial charge is 0.472 e. The van der Waals surface area contributed by atoms with Crippen molar-refractivity contribution in [1.82, 2.24) is 0 Å². The van der Waals surface area contributed by atoms with Gasteiger partial charge in [0.2, 0.25) is 6.10 Å². The fraction of sp³-hybridized carbons (Fsp3) is 0.188. The number of hydrogen-bond acceptors (Lipinski definition) is 3. The van der Waals surface area contributed by atoms with E-state index in [1.165, 1.54) is 0 Å². The van der Waals surface area contributed by atoms with Crippen LogP contribution in [-0.2, 0) is 9.53 Å². The Hall–Kier alpha value is -2.00. The van der Waals surface area contributed by atoms with E-state index in [1.807, 2.05) is 30.3 Å². The lowest BCUT2D eigenvalue weighted by Gasteiger charge is -2.18. The van der Waals surface area contributed by atoms with Crippen LogP contribution in [0.2, 0.25) is 5.02 Å². The van der Waals surface area contributed by atoms with Gasteiger partial charge >= 0.3 is 5.97 Å². The van der Waals surface area contributed by atoms with Gasteiger partial charge in [-0.3, -0.25) is 0 Å². The van der Waals surface area contributed by atoms with Crippen LogP contribution in [0.4, 0.5) is 0 Å². The lowest BCUT2D eigenvalue weighted by atomic mass is 10.1. The van der Waals surface area contributed by atoms with Gasteiger partial charge < -0.3 is 9.47 Å². The Kier molecular flexibility index (Phi) is 5.02. The van der Waals surface area contributed by atoms with Gasteiger partial charge in [-0.05, 0) is 19.1 Å². The van der Waals surface area contributed by atoms with Crippen molar-refractivity contribution in [3.8, 4) is 5.75 Å². The second kappa shape index (κ2) is 6.96. The number of rotatable bonds is 5. The van der Waals surface area contributed by atoms with Crippen LogP contribution in [0.15, 0.2) is 54.6 Å². The summed E-state index contributed by atoms with van der Waals surface area (Å²) >= 11 is 6.06. The quantitative estimate of drug-likeness (QED) is 0.780. The van der Waals surface area contributed by atoms with Crippen LogP contribution in [0.1, 0.15) is 18.6 Å². The van der Waals surface area contributed by atoms with E-state index in [0.29, 0.717) is 17.4 Å². The number of benzene rings is 2. The monoisotopic (exact) mass is 290 g/mol. The average Bonchev–Trinajstić information content (AvgIpc) is 2.47. The second-order valence-electron chi connectivity index (χ2n) is 4.09. The van der Waals surface area contributed by atoms with Crippen LogP contribution in [0.3, 0.4) is 0 Å². The Balaban J connectivity index is 2.28.